The van der Waals surface area contributed by atoms with E-state index in [1.54, 1.807) is 18.4 Å². The monoisotopic (exact) mass is 257 g/mol. The largest absolute Gasteiger partial charge is 0.380 e. The van der Waals surface area contributed by atoms with E-state index in [-0.39, 0.29) is 12.0 Å². The molecule has 1 amide bonds. The van der Waals surface area contributed by atoms with Gasteiger partial charge < -0.3 is 15.8 Å². The molecule has 96 valence electrons. The molecule has 17 heavy (non-hydrogen) atoms. The first-order valence-electron chi connectivity index (χ1n) is 5.56. The molecule has 1 aromatic heterocycles. The molecule has 0 spiro atoms. The molecule has 0 fully saturated rings. The number of hydrogen-bond acceptors (Lipinski definition) is 5. The molecule has 1 rings (SSSR count). The Labute approximate surface area is 105 Å². The van der Waals surface area contributed by atoms with Gasteiger partial charge in [-0.3, -0.25) is 4.79 Å². The van der Waals surface area contributed by atoms with Crippen LogP contribution >= 0.6 is 11.3 Å². The summed E-state index contributed by atoms with van der Waals surface area (Å²) in [7, 11) is 1.56. The van der Waals surface area contributed by atoms with E-state index in [4.69, 9.17) is 10.5 Å². The molecule has 0 saturated heterocycles. The lowest BCUT2D eigenvalue weighted by molar-refractivity contribution is -0.123. The van der Waals surface area contributed by atoms with Crippen LogP contribution in [-0.4, -0.2) is 37.2 Å². The number of methoxy groups -OCH3 is 1. The van der Waals surface area contributed by atoms with Gasteiger partial charge in [-0.15, -0.1) is 11.3 Å². The number of hydrogen-bond donors (Lipinski definition) is 2. The predicted octanol–water partition coefficient (Wildman–Crippen LogP) is 0.474. The Kier molecular flexibility index (Phi) is 6.10. The van der Waals surface area contributed by atoms with Crippen LogP contribution in [0.25, 0.3) is 0 Å². The number of nitrogens with zero attached hydrogens (tertiary/aromatic N) is 1. The minimum absolute atomic E-state index is 0.0331. The summed E-state index contributed by atoms with van der Waals surface area (Å²) in [6.07, 6.45) is 0.871. The molecule has 6 heteroatoms. The van der Waals surface area contributed by atoms with Crippen molar-refractivity contribution >= 4 is 17.2 Å². The zero-order chi connectivity index (χ0) is 12.7. The summed E-state index contributed by atoms with van der Waals surface area (Å²) in [5.74, 6) is -0.0331. The van der Waals surface area contributed by atoms with Crippen molar-refractivity contribution in [2.75, 3.05) is 20.2 Å². The number of ether oxygens (including phenoxy) is 1. The smallest absolute Gasteiger partial charge is 0.222 e. The van der Waals surface area contributed by atoms with Crippen molar-refractivity contribution in [3.05, 3.63) is 16.1 Å². The third-order valence-electron chi connectivity index (χ3n) is 2.38. The van der Waals surface area contributed by atoms with Gasteiger partial charge >= 0.3 is 0 Å². The number of amides is 1. The molecule has 1 aromatic rings. The number of thiazole rings is 1. The van der Waals surface area contributed by atoms with Crippen LogP contribution in [0, 0.1) is 6.92 Å². The summed E-state index contributed by atoms with van der Waals surface area (Å²) in [6, 6.07) is 0. The number of carbonyl (C=O) groups excluding carboxylic acids is 1. The highest BCUT2D eigenvalue weighted by Gasteiger charge is 2.10. The highest BCUT2D eigenvalue weighted by Crippen LogP contribution is 2.07. The van der Waals surface area contributed by atoms with E-state index >= 15 is 0 Å². The Morgan fingerprint density at radius 1 is 1.71 bits per heavy atom. The minimum Gasteiger partial charge on any atom is -0.380 e. The maximum Gasteiger partial charge on any atom is 0.222 e. The molecule has 0 aromatic carbocycles. The highest BCUT2D eigenvalue weighted by atomic mass is 32.1. The SMILES string of the molecule is COC(CN)CC(=O)NCCc1csc(C)n1. The maximum absolute atomic E-state index is 11.5. The summed E-state index contributed by atoms with van der Waals surface area (Å²) in [6.45, 7) is 2.93. The summed E-state index contributed by atoms with van der Waals surface area (Å²) >= 11 is 1.62. The Morgan fingerprint density at radius 2 is 2.47 bits per heavy atom. The topological polar surface area (TPSA) is 77.2 Å². The Hall–Kier alpha value is -0.980. The molecule has 0 aliphatic carbocycles. The molecule has 0 saturated carbocycles. The van der Waals surface area contributed by atoms with Gasteiger partial charge in [0.2, 0.25) is 5.91 Å². The van der Waals surface area contributed by atoms with Crippen molar-refractivity contribution in [3.8, 4) is 0 Å². The van der Waals surface area contributed by atoms with Gasteiger partial charge in [0.1, 0.15) is 0 Å². The molecule has 0 bridgehead atoms. The van der Waals surface area contributed by atoms with E-state index in [0.29, 0.717) is 19.5 Å². The third-order valence-corrected chi connectivity index (χ3v) is 3.20. The van der Waals surface area contributed by atoms with E-state index in [1.807, 2.05) is 12.3 Å². The fraction of sp³-hybridized carbons (Fsp3) is 0.636. The van der Waals surface area contributed by atoms with Crippen LogP contribution in [0.3, 0.4) is 0 Å². The fourth-order valence-electron chi connectivity index (χ4n) is 1.39. The van der Waals surface area contributed by atoms with Crippen molar-refractivity contribution in [2.45, 2.75) is 25.9 Å². The van der Waals surface area contributed by atoms with Gasteiger partial charge in [0, 0.05) is 32.0 Å². The Morgan fingerprint density at radius 3 is 3.00 bits per heavy atom. The van der Waals surface area contributed by atoms with Crippen molar-refractivity contribution in [3.63, 3.8) is 0 Å². The average molecular weight is 257 g/mol. The molecule has 0 radical (unpaired) electrons. The number of nitrogens with one attached hydrogen (secondary N) is 1. The van der Waals surface area contributed by atoms with E-state index in [9.17, 15) is 4.79 Å². The molecule has 5 nitrogen and oxygen atoms in total. The highest BCUT2D eigenvalue weighted by molar-refractivity contribution is 7.09. The number of rotatable bonds is 7. The van der Waals surface area contributed by atoms with Gasteiger partial charge in [-0.25, -0.2) is 4.98 Å². The fourth-order valence-corrected chi connectivity index (χ4v) is 2.04. The van der Waals surface area contributed by atoms with Crippen LogP contribution < -0.4 is 11.1 Å². The first-order valence-corrected chi connectivity index (χ1v) is 6.44. The van der Waals surface area contributed by atoms with Crippen LogP contribution in [0.5, 0.6) is 0 Å². The van der Waals surface area contributed by atoms with Crippen LogP contribution in [-0.2, 0) is 16.0 Å². The third kappa shape index (κ3) is 5.25. The lowest BCUT2D eigenvalue weighted by Crippen LogP contribution is -2.33. The van der Waals surface area contributed by atoms with Crippen molar-refractivity contribution < 1.29 is 9.53 Å². The van der Waals surface area contributed by atoms with Gasteiger partial charge in [-0.2, -0.15) is 0 Å². The molecule has 1 atom stereocenters. The van der Waals surface area contributed by atoms with Gasteiger partial charge in [-0.05, 0) is 6.92 Å². The molecule has 1 heterocycles. The predicted molar refractivity (Wildman–Crippen MR) is 68.0 cm³/mol. The van der Waals surface area contributed by atoms with E-state index in [1.165, 1.54) is 0 Å². The molecule has 3 N–H and O–H groups in total. The standard InChI is InChI=1S/C11H19N3O2S/c1-8-14-9(7-17-8)3-4-13-11(15)5-10(6-12)16-2/h7,10H,3-6,12H2,1-2H3,(H,13,15). The van der Waals surface area contributed by atoms with Crippen LogP contribution in [0.1, 0.15) is 17.1 Å². The van der Waals surface area contributed by atoms with Crippen LogP contribution in [0.4, 0.5) is 0 Å². The lowest BCUT2D eigenvalue weighted by atomic mass is 10.2. The van der Waals surface area contributed by atoms with Crippen LogP contribution in [0.15, 0.2) is 5.38 Å². The first kappa shape index (κ1) is 14.1. The summed E-state index contributed by atoms with van der Waals surface area (Å²) in [5, 5.41) is 5.89. The molecule has 0 aliphatic rings. The molecule has 0 aliphatic heterocycles. The number of nitrogens with two attached hydrogens (primary N) is 1. The normalized spacial score (nSPS) is 12.4. The van der Waals surface area contributed by atoms with Crippen molar-refractivity contribution in [1.82, 2.24) is 10.3 Å². The summed E-state index contributed by atoms with van der Waals surface area (Å²) in [5.41, 5.74) is 6.46. The van der Waals surface area contributed by atoms with E-state index < -0.39 is 0 Å². The second-order valence-corrected chi connectivity index (χ2v) is 4.82. The molecular weight excluding hydrogens is 238 g/mol. The summed E-state index contributed by atoms with van der Waals surface area (Å²) < 4.78 is 5.04. The van der Waals surface area contributed by atoms with Gasteiger partial charge in [0.05, 0.1) is 23.2 Å². The maximum atomic E-state index is 11.5. The zero-order valence-corrected chi connectivity index (χ0v) is 11.0. The minimum atomic E-state index is -0.198. The van der Waals surface area contributed by atoms with Gasteiger partial charge in [-0.1, -0.05) is 0 Å². The number of carbonyl (C=O) groups is 1. The lowest BCUT2D eigenvalue weighted by Gasteiger charge is -2.12. The quantitative estimate of drug-likeness (QED) is 0.744. The second kappa shape index (κ2) is 7.37. The Bertz CT molecular complexity index is 350. The van der Waals surface area contributed by atoms with E-state index in [0.717, 1.165) is 17.1 Å². The summed E-state index contributed by atoms with van der Waals surface area (Å²) in [4.78, 5) is 15.8. The molecule has 1 unspecified atom stereocenters. The van der Waals surface area contributed by atoms with Crippen molar-refractivity contribution in [2.24, 2.45) is 5.73 Å². The van der Waals surface area contributed by atoms with Gasteiger partial charge in [0.25, 0.3) is 0 Å². The Balaban J connectivity index is 2.20. The average Bonchev–Trinajstić information content (AvgIpc) is 2.72. The molecular formula is C11H19N3O2S. The number of aryl methyl sites for hydroxylation is 1. The van der Waals surface area contributed by atoms with Crippen LogP contribution in [0.2, 0.25) is 0 Å². The first-order chi connectivity index (χ1) is 8.15. The zero-order valence-electron chi connectivity index (χ0n) is 10.2. The van der Waals surface area contributed by atoms with E-state index in [2.05, 4.69) is 10.3 Å². The second-order valence-electron chi connectivity index (χ2n) is 3.76. The number of aromatic nitrogens is 1. The van der Waals surface area contributed by atoms with Crippen molar-refractivity contribution in [1.29, 1.82) is 0 Å². The van der Waals surface area contributed by atoms with Gasteiger partial charge in [0.15, 0.2) is 0 Å².